The molecular weight excluding hydrogens is 1090 g/mol. The van der Waals surface area contributed by atoms with Gasteiger partial charge in [0.2, 0.25) is 5.91 Å². The molecule has 0 saturated heterocycles. The summed E-state index contributed by atoms with van der Waals surface area (Å²) < 4.78 is 40.5. The molecule has 0 spiro atoms. The predicted octanol–water partition coefficient (Wildman–Crippen LogP) is 13.2. The van der Waals surface area contributed by atoms with Gasteiger partial charge in [0.15, 0.2) is 0 Å². The summed E-state index contributed by atoms with van der Waals surface area (Å²) in [5.74, 6) is -4.11. The van der Waals surface area contributed by atoms with Crippen molar-refractivity contribution in [1.82, 2.24) is 10.6 Å². The van der Waals surface area contributed by atoms with Gasteiger partial charge < -0.3 is 43.8 Å². The van der Waals surface area contributed by atoms with Gasteiger partial charge in [-0.05, 0) is 64.7 Å². The van der Waals surface area contributed by atoms with Crippen molar-refractivity contribution >= 4 is 80.7 Å². The average molecular weight is 1210 g/mol. The van der Waals surface area contributed by atoms with E-state index in [0.29, 0.717) is 39.2 Å². The fourth-order valence-electron chi connectivity index (χ4n) is 7.15. The maximum absolute atomic E-state index is 12.3. The Balaban J connectivity index is -0.000000162. The van der Waals surface area contributed by atoms with Gasteiger partial charge in [0.05, 0.1) is 57.8 Å². The number of ether oxygens (including phenoxy) is 7. The van der Waals surface area contributed by atoms with Crippen LogP contribution in [0.3, 0.4) is 0 Å². The van der Waals surface area contributed by atoms with E-state index < -0.39 is 47.4 Å². The van der Waals surface area contributed by atoms with Crippen LogP contribution in [-0.2, 0) is 66.7 Å². The SMILES string of the molecule is C.C=CC(=O)OCCCC.C=CC(=O)OCCCCCCCCCCCCCCCCCC.C=CC(=O)OCCNC(=O)CC(C)(C)C.CCCCOC(=O)C(CC)CC(CC(C)C(=O)OCCNC(=O)OC(C)(C)C)C(=O)OC.[B].[B].[NH]=[Al]. The second-order valence-corrected chi connectivity index (χ2v) is 21.7. The normalized spacial score (nSPS) is 11.1. The first-order chi connectivity index (χ1) is 38.4. The molecule has 0 fully saturated rings. The van der Waals surface area contributed by atoms with Crippen LogP contribution in [0, 0.1) is 27.5 Å². The van der Waals surface area contributed by atoms with E-state index in [1.165, 1.54) is 116 Å². The first kappa shape index (κ1) is 95.6. The van der Waals surface area contributed by atoms with E-state index in [0.717, 1.165) is 38.2 Å². The minimum atomic E-state index is -0.633. The van der Waals surface area contributed by atoms with Gasteiger partial charge in [0, 0.05) is 41.5 Å². The average Bonchev–Trinajstić information content (AvgIpc) is 3.42. The molecule has 18 nitrogen and oxygen atoms in total. The van der Waals surface area contributed by atoms with Gasteiger partial charge in [-0.25, -0.2) is 19.2 Å². The molecule has 0 aliphatic heterocycles. The van der Waals surface area contributed by atoms with Crippen molar-refractivity contribution in [3.8, 4) is 0 Å². The van der Waals surface area contributed by atoms with E-state index in [4.69, 9.17) is 32.8 Å². The van der Waals surface area contributed by atoms with Crippen molar-refractivity contribution in [1.29, 1.82) is 4.35 Å². The Bertz CT molecular complexity index is 1680. The molecule has 0 aromatic heterocycles. The third-order valence-corrected chi connectivity index (χ3v) is 11.6. The van der Waals surface area contributed by atoms with Gasteiger partial charge in [-0.3, -0.25) is 19.2 Å². The second kappa shape index (κ2) is 67.4. The van der Waals surface area contributed by atoms with Crippen LogP contribution in [0.2, 0.25) is 0 Å². The molecule has 0 saturated carbocycles. The fourth-order valence-corrected chi connectivity index (χ4v) is 7.15. The van der Waals surface area contributed by atoms with Crippen molar-refractivity contribution in [2.75, 3.05) is 53.2 Å². The number of carbonyl (C=O) groups excluding carboxylic acids is 8. The number of hydrogen-bond acceptors (Lipinski definition) is 16. The van der Waals surface area contributed by atoms with Gasteiger partial charge in [-0.15, -0.1) is 0 Å². The number of hydrogen-bond donors (Lipinski definition) is 3. The van der Waals surface area contributed by atoms with E-state index in [-0.39, 0.29) is 86.1 Å². The van der Waals surface area contributed by atoms with Crippen molar-refractivity contribution < 1.29 is 71.5 Å². The third kappa shape index (κ3) is 73.3. The Morgan fingerprint density at radius 3 is 1.23 bits per heavy atom. The van der Waals surface area contributed by atoms with Crippen LogP contribution in [-0.4, -0.2) is 140 Å². The molecule has 3 atom stereocenters. The molecule has 0 heterocycles. The molecule has 7 radical (unpaired) electrons. The number of esters is 6. The molecular formula is C63H117AlB2N3O15. The van der Waals surface area contributed by atoms with Crippen LogP contribution in [0.15, 0.2) is 38.0 Å². The first-order valence-corrected chi connectivity index (χ1v) is 30.3. The zero-order valence-electron chi connectivity index (χ0n) is 53.9. The summed E-state index contributed by atoms with van der Waals surface area (Å²) in [6.45, 7) is 33.0. The van der Waals surface area contributed by atoms with E-state index in [2.05, 4.69) is 42.0 Å². The molecule has 0 rings (SSSR count). The van der Waals surface area contributed by atoms with Crippen LogP contribution in [0.4, 0.5) is 4.79 Å². The fraction of sp³-hybridized carbons (Fsp3) is 0.778. The predicted molar refractivity (Wildman–Crippen MR) is 340 cm³/mol. The van der Waals surface area contributed by atoms with E-state index in [9.17, 15) is 38.4 Å². The van der Waals surface area contributed by atoms with Gasteiger partial charge >= 0.3 is 62.4 Å². The van der Waals surface area contributed by atoms with Gasteiger partial charge in [-0.2, -0.15) is 0 Å². The van der Waals surface area contributed by atoms with Crippen molar-refractivity contribution in [2.45, 2.75) is 243 Å². The molecule has 0 aliphatic carbocycles. The van der Waals surface area contributed by atoms with Gasteiger partial charge in [-0.1, -0.05) is 192 Å². The summed E-state index contributed by atoms with van der Waals surface area (Å²) in [5.41, 5.74) is -0.640. The van der Waals surface area contributed by atoms with Crippen molar-refractivity contribution in [2.24, 2.45) is 23.2 Å². The van der Waals surface area contributed by atoms with Gasteiger partial charge in [0.1, 0.15) is 18.8 Å². The van der Waals surface area contributed by atoms with Crippen LogP contribution in [0.25, 0.3) is 0 Å². The Labute approximate surface area is 522 Å². The summed E-state index contributed by atoms with van der Waals surface area (Å²) >= 11 is 1.67. The number of carbonyl (C=O) groups is 8. The van der Waals surface area contributed by atoms with E-state index >= 15 is 0 Å². The summed E-state index contributed by atoms with van der Waals surface area (Å²) in [5, 5.41) is 5.17. The minimum absolute atomic E-state index is 0. The molecule has 21 heteroatoms. The van der Waals surface area contributed by atoms with Crippen LogP contribution >= 0.6 is 0 Å². The zero-order chi connectivity index (χ0) is 62.8. The number of nitrogens with one attached hydrogen (secondary N) is 3. The number of unbranched alkanes of at least 4 members (excludes halogenated alkanes) is 17. The second-order valence-electron chi connectivity index (χ2n) is 21.7. The van der Waals surface area contributed by atoms with Crippen molar-refractivity contribution in [3.05, 3.63) is 38.0 Å². The van der Waals surface area contributed by atoms with Crippen LogP contribution < -0.4 is 10.6 Å². The number of methoxy groups -OCH3 is 1. The summed E-state index contributed by atoms with van der Waals surface area (Å²) in [7, 11) is 1.28. The zero-order valence-corrected chi connectivity index (χ0v) is 55.0. The molecule has 0 aromatic carbocycles. The molecule has 2 amide bonds. The Morgan fingerprint density at radius 2 is 0.845 bits per heavy atom. The summed E-state index contributed by atoms with van der Waals surface area (Å²) in [4.78, 5) is 91.6. The molecule has 3 unspecified atom stereocenters. The summed E-state index contributed by atoms with van der Waals surface area (Å²) in [6.07, 6.45) is 29.7. The number of rotatable bonds is 41. The first-order valence-electron chi connectivity index (χ1n) is 29.7. The summed E-state index contributed by atoms with van der Waals surface area (Å²) in [6, 6.07) is 0. The maximum atomic E-state index is 12.3. The molecule has 0 aliphatic rings. The topological polar surface area (TPSA) is 249 Å². The number of amides is 2. The van der Waals surface area contributed by atoms with Gasteiger partial charge in [0.25, 0.3) is 0 Å². The molecule has 3 N–H and O–H groups in total. The standard InChI is InChI=1S/C23H41NO8.C21H40O2.C11H19NO3.C7H12O2.CH4.Al.2B.HN/c1-8-10-12-30-21(27)17(9-2)15-18(20(26)29-7)14-16(3)19(25)31-13-11-24-22(28)32-23(4,5)6;1-3-5-6-7-8-9-10-11-12-13-14-15-16-17-18-19-20-23-21(22)4-2;1-5-10(14)15-7-6-12-9(13)8-11(2,3)4;1-3-5-6-9-7(8)4-2;;;;;/h16-18H,8-15H2,1-7H3,(H,24,28);4H,2-3,5-20H2,1H3;5H,1,6-8H2,2-4H3,(H,12,13);4H,2-3,5-6H2,1H3;1H4;;;;1H. The van der Waals surface area contributed by atoms with Crippen LogP contribution in [0.5, 0.6) is 0 Å². The monoisotopic (exact) mass is 1200 g/mol. The molecule has 0 aromatic rings. The Morgan fingerprint density at radius 1 is 0.488 bits per heavy atom. The Kier molecular flexibility index (Phi) is 76.7. The third-order valence-electron chi connectivity index (χ3n) is 11.6. The molecule has 483 valence electrons. The van der Waals surface area contributed by atoms with E-state index in [1.54, 1.807) is 43.8 Å². The Hall–Kier alpha value is -4.76. The van der Waals surface area contributed by atoms with E-state index in [1.807, 2.05) is 41.5 Å². The van der Waals surface area contributed by atoms with Crippen molar-refractivity contribution in [3.63, 3.8) is 0 Å². The van der Waals surface area contributed by atoms with Crippen LogP contribution in [0.1, 0.15) is 238 Å². The quantitative estimate of drug-likeness (QED) is 0.0169. The number of alkyl carbamates (subject to hydrolysis) is 1. The molecule has 0 bridgehead atoms. The molecule has 84 heavy (non-hydrogen) atoms.